The second kappa shape index (κ2) is 3.10. The van der Waals surface area contributed by atoms with Crippen LogP contribution in [-0.4, -0.2) is 23.4 Å². The molecule has 1 aliphatic carbocycles. The van der Waals surface area contributed by atoms with Gasteiger partial charge in [-0.25, -0.2) is 4.79 Å². The summed E-state index contributed by atoms with van der Waals surface area (Å²) in [5.74, 6) is 1.55. The number of aliphatic hydroxyl groups excluding tert-OH is 1. The van der Waals surface area contributed by atoms with Gasteiger partial charge >= 0.3 is 0 Å². The molecule has 0 fully saturated rings. The molecule has 56 valence electrons. The fourth-order valence-electron chi connectivity index (χ4n) is 0.818. The lowest BCUT2D eigenvalue weighted by molar-refractivity contribution is -0.105. The highest BCUT2D eigenvalue weighted by molar-refractivity contribution is 5.80. The zero-order valence-electron chi connectivity index (χ0n) is 5.65. The second-order valence-electron chi connectivity index (χ2n) is 2.10. The lowest BCUT2D eigenvalue weighted by atomic mass is 9.99. The van der Waals surface area contributed by atoms with Gasteiger partial charge in [0, 0.05) is 5.57 Å². The topological polar surface area (TPSA) is 54.4 Å². The van der Waals surface area contributed by atoms with Gasteiger partial charge in [-0.05, 0) is 6.08 Å². The van der Waals surface area contributed by atoms with Gasteiger partial charge in [0.15, 0.2) is 0 Å². The lowest BCUT2D eigenvalue weighted by Gasteiger charge is -2.10. The predicted molar refractivity (Wildman–Crippen MR) is 38.5 cm³/mol. The monoisotopic (exact) mass is 150 g/mol. The van der Waals surface area contributed by atoms with Crippen LogP contribution in [0.15, 0.2) is 29.4 Å². The van der Waals surface area contributed by atoms with E-state index in [9.17, 15) is 14.7 Å². The molecule has 0 aromatic rings. The first kappa shape index (κ1) is 7.66. The van der Waals surface area contributed by atoms with E-state index in [0.717, 1.165) is 0 Å². The Kier molecular flexibility index (Phi) is 2.16. The van der Waals surface area contributed by atoms with E-state index >= 15 is 0 Å². The Morgan fingerprint density at radius 2 is 2.36 bits per heavy atom. The van der Waals surface area contributed by atoms with Crippen molar-refractivity contribution in [3.63, 3.8) is 0 Å². The normalized spacial score (nSPS) is 22.5. The maximum absolute atomic E-state index is 10.2. The van der Waals surface area contributed by atoms with Gasteiger partial charge < -0.3 is 5.11 Å². The molecule has 1 unspecified atom stereocenters. The number of hydrogen-bond donors (Lipinski definition) is 1. The van der Waals surface area contributed by atoms with E-state index < -0.39 is 6.10 Å². The van der Waals surface area contributed by atoms with Crippen LogP contribution in [0.4, 0.5) is 0 Å². The minimum Gasteiger partial charge on any atom is -0.383 e. The molecule has 0 spiro atoms. The fraction of sp³-hybridized carbons (Fsp3) is 0.125. The molecule has 1 atom stereocenters. The van der Waals surface area contributed by atoms with Gasteiger partial charge in [-0.2, -0.15) is 0 Å². The molecule has 1 aliphatic rings. The highest BCUT2D eigenvalue weighted by Crippen LogP contribution is 2.13. The van der Waals surface area contributed by atoms with Gasteiger partial charge in [-0.15, -0.1) is 0 Å². The largest absolute Gasteiger partial charge is 0.383 e. The molecule has 0 radical (unpaired) electrons. The van der Waals surface area contributed by atoms with Crippen LogP contribution in [-0.2, 0) is 9.59 Å². The number of carbonyl (C=O) groups is 1. The van der Waals surface area contributed by atoms with E-state index in [1.807, 2.05) is 0 Å². The van der Waals surface area contributed by atoms with E-state index in [4.69, 9.17) is 0 Å². The molecule has 0 aromatic carbocycles. The second-order valence-corrected chi connectivity index (χ2v) is 2.10. The molecule has 0 bridgehead atoms. The lowest BCUT2D eigenvalue weighted by Crippen LogP contribution is -2.16. The summed E-state index contributed by atoms with van der Waals surface area (Å²) in [5.41, 5.74) is 0.278. The van der Waals surface area contributed by atoms with E-state index in [2.05, 4.69) is 0 Å². The first-order valence-electron chi connectivity index (χ1n) is 3.06. The molecule has 3 nitrogen and oxygen atoms in total. The van der Waals surface area contributed by atoms with Crippen molar-refractivity contribution in [2.24, 2.45) is 0 Å². The first-order chi connectivity index (χ1) is 5.29. The van der Waals surface area contributed by atoms with Crippen molar-refractivity contribution in [1.82, 2.24) is 0 Å². The number of aldehydes is 1. The van der Waals surface area contributed by atoms with Crippen LogP contribution < -0.4 is 0 Å². The summed E-state index contributed by atoms with van der Waals surface area (Å²) < 4.78 is 0. The van der Waals surface area contributed by atoms with Crippen molar-refractivity contribution in [1.29, 1.82) is 0 Å². The molecule has 11 heavy (non-hydrogen) atoms. The molecule has 0 saturated carbocycles. The molecule has 0 aromatic heterocycles. The van der Waals surface area contributed by atoms with Crippen LogP contribution in [0.25, 0.3) is 0 Å². The Morgan fingerprint density at radius 1 is 1.64 bits per heavy atom. The quantitative estimate of drug-likeness (QED) is 0.416. The average molecular weight is 150 g/mol. The van der Waals surface area contributed by atoms with Crippen molar-refractivity contribution < 1.29 is 14.7 Å². The summed E-state index contributed by atoms with van der Waals surface area (Å²) in [4.78, 5) is 20.3. The molecule has 1 rings (SSSR count). The smallest absolute Gasteiger partial charge is 0.149 e. The molecule has 3 heteroatoms. The Hall–Kier alpha value is -1.44. The minimum atomic E-state index is -1.10. The SMILES string of the molecule is O=C=C1C=CC=C(C=O)C1O. The summed E-state index contributed by atoms with van der Waals surface area (Å²) in [6, 6.07) is 0. The maximum atomic E-state index is 10.2. The molecule has 0 aliphatic heterocycles. The maximum Gasteiger partial charge on any atom is 0.149 e. The minimum absolute atomic E-state index is 0.0922. The highest BCUT2D eigenvalue weighted by atomic mass is 16.3. The molecule has 1 N–H and O–H groups in total. The van der Waals surface area contributed by atoms with E-state index in [-0.39, 0.29) is 11.1 Å². The van der Waals surface area contributed by atoms with E-state index in [0.29, 0.717) is 6.29 Å². The van der Waals surface area contributed by atoms with Crippen molar-refractivity contribution in [2.45, 2.75) is 6.10 Å². The number of aliphatic hydroxyl groups is 1. The van der Waals surface area contributed by atoms with Gasteiger partial charge in [0.05, 0.1) is 5.57 Å². The Balaban J connectivity index is 3.03. The van der Waals surface area contributed by atoms with Crippen LogP contribution in [0.5, 0.6) is 0 Å². The number of rotatable bonds is 1. The Morgan fingerprint density at radius 3 is 2.91 bits per heavy atom. The van der Waals surface area contributed by atoms with Crippen LogP contribution >= 0.6 is 0 Å². The van der Waals surface area contributed by atoms with Crippen LogP contribution in [0, 0.1) is 0 Å². The summed E-state index contributed by atoms with van der Waals surface area (Å²) in [6.45, 7) is 0. The first-order valence-corrected chi connectivity index (χ1v) is 3.06. The number of carbonyl (C=O) groups excluding carboxylic acids is 2. The van der Waals surface area contributed by atoms with Gasteiger partial charge in [0.2, 0.25) is 0 Å². The third kappa shape index (κ3) is 1.34. The summed E-state index contributed by atoms with van der Waals surface area (Å²) in [7, 11) is 0. The Labute approximate surface area is 63.3 Å². The molecular weight excluding hydrogens is 144 g/mol. The summed E-state index contributed by atoms with van der Waals surface area (Å²) in [5, 5.41) is 9.18. The molecule has 0 saturated heterocycles. The van der Waals surface area contributed by atoms with E-state index in [1.54, 1.807) is 5.94 Å². The number of allylic oxidation sites excluding steroid dienone is 2. The zero-order valence-corrected chi connectivity index (χ0v) is 5.65. The zero-order chi connectivity index (χ0) is 8.27. The Bertz CT molecular complexity index is 280. The number of hydrogen-bond acceptors (Lipinski definition) is 3. The van der Waals surface area contributed by atoms with Crippen molar-refractivity contribution >= 4 is 12.2 Å². The van der Waals surface area contributed by atoms with Crippen LogP contribution in [0.1, 0.15) is 0 Å². The molecule has 0 heterocycles. The van der Waals surface area contributed by atoms with Crippen molar-refractivity contribution in [2.75, 3.05) is 0 Å². The molecule has 0 amide bonds. The molecular formula is C8H6O3. The fourth-order valence-corrected chi connectivity index (χ4v) is 0.818. The predicted octanol–water partition coefficient (Wildman–Crippen LogP) is -0.200. The summed E-state index contributed by atoms with van der Waals surface area (Å²) in [6.07, 6.45) is 3.82. The van der Waals surface area contributed by atoms with Crippen LogP contribution in [0.3, 0.4) is 0 Å². The standard InChI is InChI=1S/C8H6O3/c9-4-6-2-1-3-7(5-10)8(6)11/h1-4,8,11H. The van der Waals surface area contributed by atoms with Crippen molar-refractivity contribution in [3.8, 4) is 0 Å². The van der Waals surface area contributed by atoms with Gasteiger partial charge in [0.25, 0.3) is 0 Å². The average Bonchev–Trinajstić information content (AvgIpc) is 2.05. The van der Waals surface area contributed by atoms with E-state index in [1.165, 1.54) is 18.2 Å². The van der Waals surface area contributed by atoms with Crippen LogP contribution in [0.2, 0.25) is 0 Å². The van der Waals surface area contributed by atoms with Gasteiger partial charge in [-0.3, -0.25) is 4.79 Å². The highest BCUT2D eigenvalue weighted by Gasteiger charge is 2.16. The van der Waals surface area contributed by atoms with Gasteiger partial charge in [0.1, 0.15) is 18.3 Å². The van der Waals surface area contributed by atoms with Crippen molar-refractivity contribution in [3.05, 3.63) is 29.4 Å². The third-order valence-electron chi connectivity index (χ3n) is 1.43. The van der Waals surface area contributed by atoms with Gasteiger partial charge in [-0.1, -0.05) is 12.2 Å². The third-order valence-corrected chi connectivity index (χ3v) is 1.43. The summed E-state index contributed by atoms with van der Waals surface area (Å²) >= 11 is 0.